The molecule has 0 aliphatic heterocycles. The third-order valence-corrected chi connectivity index (χ3v) is 1.94. The Bertz CT molecular complexity index is 529. The molecule has 0 aliphatic carbocycles. The summed E-state index contributed by atoms with van der Waals surface area (Å²) in [5, 5.41) is 0. The highest BCUT2D eigenvalue weighted by Gasteiger charge is 2.15. The Morgan fingerprint density at radius 2 is 2.33 bits per heavy atom. The van der Waals surface area contributed by atoms with E-state index in [-0.39, 0.29) is 17.0 Å². The molecule has 0 spiro atoms. The smallest absolute Gasteiger partial charge is 0.341 e. The number of hydrogen-bond donors (Lipinski definition) is 0. The lowest BCUT2D eigenvalue weighted by atomic mass is 10.2. The van der Waals surface area contributed by atoms with E-state index < -0.39 is 5.97 Å². The lowest BCUT2D eigenvalue weighted by Crippen LogP contribution is -2.00. The van der Waals surface area contributed by atoms with Gasteiger partial charge in [-0.3, -0.25) is 4.79 Å². The number of ether oxygens (including phenoxy) is 1. The Labute approximate surface area is 84.7 Å². The van der Waals surface area contributed by atoms with E-state index in [0.717, 1.165) is 0 Å². The van der Waals surface area contributed by atoms with Crippen LogP contribution in [-0.4, -0.2) is 24.3 Å². The molecular weight excluding hydrogens is 198 g/mol. The molecule has 1 aromatic heterocycles. The van der Waals surface area contributed by atoms with E-state index >= 15 is 0 Å². The number of aromatic nitrogens is 1. The van der Waals surface area contributed by atoms with Crippen molar-refractivity contribution in [3.8, 4) is 0 Å². The second-order valence-corrected chi connectivity index (χ2v) is 2.82. The van der Waals surface area contributed by atoms with Crippen molar-refractivity contribution in [2.24, 2.45) is 0 Å². The fourth-order valence-electron chi connectivity index (χ4n) is 1.29. The normalized spacial score (nSPS) is 10.2. The van der Waals surface area contributed by atoms with Gasteiger partial charge in [-0.15, -0.1) is 0 Å². The van der Waals surface area contributed by atoms with E-state index in [9.17, 15) is 9.59 Å². The minimum atomic E-state index is -0.519. The second-order valence-electron chi connectivity index (χ2n) is 2.82. The highest BCUT2D eigenvalue weighted by Crippen LogP contribution is 2.19. The lowest BCUT2D eigenvalue weighted by molar-refractivity contribution is 0.0601. The van der Waals surface area contributed by atoms with Crippen LogP contribution in [0.15, 0.2) is 22.6 Å². The number of carbonyl (C=O) groups excluding carboxylic acids is 2. The summed E-state index contributed by atoms with van der Waals surface area (Å²) in [6, 6.07) is 4.85. The summed E-state index contributed by atoms with van der Waals surface area (Å²) in [6.45, 7) is 0. The summed E-state index contributed by atoms with van der Waals surface area (Å²) in [6.07, 6.45) is 0.487. The van der Waals surface area contributed by atoms with Crippen LogP contribution in [0.3, 0.4) is 0 Å². The van der Waals surface area contributed by atoms with Gasteiger partial charge >= 0.3 is 5.97 Å². The zero-order valence-corrected chi connectivity index (χ0v) is 7.89. The molecule has 0 fully saturated rings. The molecule has 2 rings (SSSR count). The summed E-state index contributed by atoms with van der Waals surface area (Å²) in [5.41, 5.74) is 0.988. The van der Waals surface area contributed by atoms with Crippen LogP contribution in [0, 0.1) is 0 Å². The Morgan fingerprint density at radius 1 is 1.53 bits per heavy atom. The molecule has 15 heavy (non-hydrogen) atoms. The number of oxazole rings is 1. The third kappa shape index (κ3) is 1.48. The topological polar surface area (TPSA) is 69.4 Å². The van der Waals surface area contributed by atoms with Gasteiger partial charge in [-0.25, -0.2) is 9.78 Å². The fourth-order valence-corrected chi connectivity index (χ4v) is 1.29. The molecule has 0 bridgehead atoms. The molecule has 0 unspecified atom stereocenters. The number of nitrogens with zero attached hydrogens (tertiary/aromatic N) is 1. The summed E-state index contributed by atoms with van der Waals surface area (Å²) < 4.78 is 9.66. The maximum absolute atomic E-state index is 11.3. The van der Waals surface area contributed by atoms with E-state index in [4.69, 9.17) is 4.42 Å². The molecule has 0 saturated heterocycles. The summed E-state index contributed by atoms with van der Waals surface area (Å²) in [5.74, 6) is -0.574. The number of methoxy groups -OCH3 is 1. The standard InChI is InChI=1S/C10H7NO4/c1-14-10(13)6-3-2-4-7-9(6)15-8(5-12)11-7/h2-5H,1H3. The molecule has 5 nitrogen and oxygen atoms in total. The molecular formula is C10H7NO4. The SMILES string of the molecule is COC(=O)c1cccc2nc(C=O)oc12. The van der Waals surface area contributed by atoms with Crippen LogP contribution in [0.2, 0.25) is 0 Å². The van der Waals surface area contributed by atoms with Gasteiger partial charge in [-0.1, -0.05) is 6.07 Å². The highest BCUT2D eigenvalue weighted by molar-refractivity contribution is 6.01. The number of esters is 1. The summed E-state index contributed by atoms with van der Waals surface area (Å²) in [4.78, 5) is 25.6. The van der Waals surface area contributed by atoms with E-state index in [1.807, 2.05) is 0 Å². The first kappa shape index (κ1) is 9.39. The summed E-state index contributed by atoms with van der Waals surface area (Å²) in [7, 11) is 1.28. The molecule has 0 aliphatic rings. The van der Waals surface area contributed by atoms with Gasteiger partial charge < -0.3 is 9.15 Å². The van der Waals surface area contributed by atoms with E-state index in [1.165, 1.54) is 7.11 Å². The van der Waals surface area contributed by atoms with Gasteiger partial charge in [0.15, 0.2) is 5.58 Å². The van der Waals surface area contributed by atoms with Gasteiger partial charge in [-0.05, 0) is 12.1 Å². The van der Waals surface area contributed by atoms with Crippen molar-refractivity contribution in [2.75, 3.05) is 7.11 Å². The molecule has 0 N–H and O–H groups in total. The molecule has 0 amide bonds. The van der Waals surface area contributed by atoms with Crippen molar-refractivity contribution in [3.05, 3.63) is 29.7 Å². The van der Waals surface area contributed by atoms with Crippen molar-refractivity contribution in [3.63, 3.8) is 0 Å². The van der Waals surface area contributed by atoms with Crippen molar-refractivity contribution >= 4 is 23.4 Å². The van der Waals surface area contributed by atoms with Crippen LogP contribution in [-0.2, 0) is 4.74 Å². The van der Waals surface area contributed by atoms with Crippen molar-refractivity contribution in [2.45, 2.75) is 0 Å². The van der Waals surface area contributed by atoms with Gasteiger partial charge in [0, 0.05) is 0 Å². The molecule has 5 heteroatoms. The van der Waals surface area contributed by atoms with Crippen LogP contribution in [0.25, 0.3) is 11.1 Å². The van der Waals surface area contributed by atoms with Crippen molar-refractivity contribution in [1.29, 1.82) is 0 Å². The average Bonchev–Trinajstić information content (AvgIpc) is 2.70. The third-order valence-electron chi connectivity index (χ3n) is 1.94. The first-order valence-electron chi connectivity index (χ1n) is 4.19. The van der Waals surface area contributed by atoms with E-state index in [0.29, 0.717) is 11.8 Å². The largest absolute Gasteiger partial charge is 0.465 e. The van der Waals surface area contributed by atoms with E-state index in [1.54, 1.807) is 18.2 Å². The van der Waals surface area contributed by atoms with Gasteiger partial charge in [0.05, 0.1) is 7.11 Å². The van der Waals surface area contributed by atoms with Gasteiger partial charge in [0.25, 0.3) is 5.89 Å². The fraction of sp³-hybridized carbons (Fsp3) is 0.100. The zero-order chi connectivity index (χ0) is 10.8. The summed E-state index contributed by atoms with van der Waals surface area (Å²) >= 11 is 0. The van der Waals surface area contributed by atoms with Crippen LogP contribution in [0.1, 0.15) is 21.0 Å². The quantitative estimate of drug-likeness (QED) is 0.547. The van der Waals surface area contributed by atoms with E-state index in [2.05, 4.69) is 9.72 Å². The Hall–Kier alpha value is -2.17. The Balaban J connectivity index is 2.69. The van der Waals surface area contributed by atoms with Crippen LogP contribution in [0.5, 0.6) is 0 Å². The van der Waals surface area contributed by atoms with Gasteiger partial charge in [-0.2, -0.15) is 0 Å². The number of fused-ring (bicyclic) bond motifs is 1. The Morgan fingerprint density at radius 3 is 3.00 bits per heavy atom. The highest BCUT2D eigenvalue weighted by atomic mass is 16.5. The minimum Gasteiger partial charge on any atom is -0.465 e. The maximum atomic E-state index is 11.3. The molecule has 2 aromatic rings. The van der Waals surface area contributed by atoms with Crippen molar-refractivity contribution < 1.29 is 18.7 Å². The molecule has 76 valence electrons. The number of benzene rings is 1. The Kier molecular flexibility index (Phi) is 2.21. The molecule has 1 aromatic carbocycles. The first-order chi connectivity index (χ1) is 7.26. The van der Waals surface area contributed by atoms with Crippen molar-refractivity contribution in [1.82, 2.24) is 4.98 Å². The molecule has 0 radical (unpaired) electrons. The van der Waals surface area contributed by atoms with Crippen LogP contribution >= 0.6 is 0 Å². The molecule has 0 atom stereocenters. The van der Waals surface area contributed by atoms with Gasteiger partial charge in [0.1, 0.15) is 11.1 Å². The maximum Gasteiger partial charge on any atom is 0.341 e. The molecule has 1 heterocycles. The minimum absolute atomic E-state index is 0.0543. The number of para-hydroxylation sites is 1. The lowest BCUT2D eigenvalue weighted by Gasteiger charge is -1.97. The molecule has 0 saturated carbocycles. The average molecular weight is 205 g/mol. The van der Waals surface area contributed by atoms with Gasteiger partial charge in [0.2, 0.25) is 6.29 Å². The number of rotatable bonds is 2. The monoisotopic (exact) mass is 205 g/mol. The first-order valence-corrected chi connectivity index (χ1v) is 4.19. The number of aldehydes is 1. The zero-order valence-electron chi connectivity index (χ0n) is 7.89. The second kappa shape index (κ2) is 3.53. The number of hydrogen-bond acceptors (Lipinski definition) is 5. The number of carbonyl (C=O) groups is 2. The van der Waals surface area contributed by atoms with Crippen LogP contribution in [0.4, 0.5) is 0 Å². The predicted octanol–water partition coefficient (Wildman–Crippen LogP) is 1.43. The van der Waals surface area contributed by atoms with Crippen LogP contribution < -0.4 is 0 Å². The predicted molar refractivity (Wildman–Crippen MR) is 50.7 cm³/mol.